The maximum Gasteiger partial charge on any atom is 0.251 e. The molecule has 1 fully saturated rings. The number of thiazole rings is 1. The van der Waals surface area contributed by atoms with Gasteiger partial charge in [0.15, 0.2) is 5.13 Å². The van der Waals surface area contributed by atoms with E-state index in [-0.39, 0.29) is 21.7 Å². The summed E-state index contributed by atoms with van der Waals surface area (Å²) in [6.07, 6.45) is 0. The zero-order valence-corrected chi connectivity index (χ0v) is 20.8. The summed E-state index contributed by atoms with van der Waals surface area (Å²) in [5, 5.41) is 9.72. The van der Waals surface area contributed by atoms with Crippen molar-refractivity contribution < 1.29 is 18.4 Å². The Morgan fingerprint density at radius 1 is 1.11 bits per heavy atom. The highest BCUT2D eigenvalue weighted by Gasteiger charge is 2.24. The van der Waals surface area contributed by atoms with Gasteiger partial charge in [0.25, 0.3) is 5.91 Å². The van der Waals surface area contributed by atoms with Crippen LogP contribution in [0, 0.1) is 11.6 Å². The molecule has 0 radical (unpaired) electrons. The van der Waals surface area contributed by atoms with Crippen molar-refractivity contribution in [3.8, 4) is 0 Å². The molecule has 11 heteroatoms. The zero-order chi connectivity index (χ0) is 25.8. The molecular weight excluding hydrogens is 486 g/mol. The highest BCUT2D eigenvalue weighted by atomic mass is 32.1. The Labute approximate surface area is 211 Å². The van der Waals surface area contributed by atoms with Crippen molar-refractivity contribution in [3.63, 3.8) is 0 Å². The fourth-order valence-electron chi connectivity index (χ4n) is 4.26. The third kappa shape index (κ3) is 6.04. The Bertz CT molecular complexity index is 1220. The summed E-state index contributed by atoms with van der Waals surface area (Å²) in [5.41, 5.74) is 6.29. The summed E-state index contributed by atoms with van der Waals surface area (Å²) in [7, 11) is 0. The molecule has 1 aliphatic rings. The fraction of sp³-hybridized carbons (Fsp3) is 0.320. The first-order valence-electron chi connectivity index (χ1n) is 11.6. The van der Waals surface area contributed by atoms with Gasteiger partial charge in [0.2, 0.25) is 5.78 Å². The second-order valence-electron chi connectivity index (χ2n) is 8.85. The number of halogens is 2. The van der Waals surface area contributed by atoms with Gasteiger partial charge < -0.3 is 21.7 Å². The van der Waals surface area contributed by atoms with E-state index in [0.717, 1.165) is 43.1 Å². The summed E-state index contributed by atoms with van der Waals surface area (Å²) >= 11 is 0.892. The van der Waals surface area contributed by atoms with E-state index in [1.54, 1.807) is 24.3 Å². The number of hydrogen-bond acceptors (Lipinski definition) is 8. The minimum atomic E-state index is -0.965. The number of amides is 1. The number of nitrogens with zero attached hydrogens (tertiary/aromatic N) is 2. The molecule has 2 aromatic carbocycles. The molecular formula is C25H28F2N6O2S. The summed E-state index contributed by atoms with van der Waals surface area (Å²) in [4.78, 5) is 31.5. The van der Waals surface area contributed by atoms with Crippen molar-refractivity contribution >= 4 is 39.7 Å². The van der Waals surface area contributed by atoms with Crippen LogP contribution >= 0.6 is 11.3 Å². The van der Waals surface area contributed by atoms with Crippen LogP contribution in [0.4, 0.5) is 25.4 Å². The van der Waals surface area contributed by atoms with Crippen molar-refractivity contribution in [2.24, 2.45) is 0 Å². The van der Waals surface area contributed by atoms with E-state index in [2.05, 4.69) is 39.7 Å². The van der Waals surface area contributed by atoms with Crippen LogP contribution in [0.1, 0.15) is 39.4 Å². The first-order valence-corrected chi connectivity index (χ1v) is 12.4. The summed E-state index contributed by atoms with van der Waals surface area (Å²) in [6, 6.07) is 10.8. The maximum atomic E-state index is 14.0. The van der Waals surface area contributed by atoms with Gasteiger partial charge in [-0.05, 0) is 50.2 Å². The van der Waals surface area contributed by atoms with Crippen LogP contribution in [0.15, 0.2) is 42.5 Å². The average molecular weight is 515 g/mol. The SMILES string of the molecule is C[C@@H]1CN(CCNC(=O)c2ccc(Nc3nc(N)c(C(=O)c4c(F)cccc4F)s3)cc2)C[C@H](C)N1. The van der Waals surface area contributed by atoms with Gasteiger partial charge >= 0.3 is 0 Å². The molecule has 8 nitrogen and oxygen atoms in total. The normalized spacial score (nSPS) is 18.1. The molecule has 190 valence electrons. The van der Waals surface area contributed by atoms with Crippen LogP contribution in [0.2, 0.25) is 0 Å². The lowest BCUT2D eigenvalue weighted by atomic mass is 10.1. The molecule has 1 saturated heterocycles. The van der Waals surface area contributed by atoms with Gasteiger partial charge in [-0.25, -0.2) is 13.8 Å². The molecule has 2 heterocycles. The molecule has 0 saturated carbocycles. The van der Waals surface area contributed by atoms with Crippen molar-refractivity contribution in [2.45, 2.75) is 25.9 Å². The average Bonchev–Trinajstić information content (AvgIpc) is 3.18. The number of aromatic nitrogens is 1. The van der Waals surface area contributed by atoms with Crippen LogP contribution in [-0.4, -0.2) is 59.8 Å². The largest absolute Gasteiger partial charge is 0.382 e. The fourth-order valence-corrected chi connectivity index (χ4v) is 5.11. The molecule has 0 spiro atoms. The second-order valence-corrected chi connectivity index (χ2v) is 9.84. The number of nitrogen functional groups attached to an aromatic ring is 1. The first-order chi connectivity index (χ1) is 17.2. The first kappa shape index (κ1) is 25.7. The number of nitrogens with two attached hydrogens (primary N) is 1. The highest BCUT2D eigenvalue weighted by molar-refractivity contribution is 7.18. The lowest BCUT2D eigenvalue weighted by Gasteiger charge is -2.36. The van der Waals surface area contributed by atoms with Gasteiger partial charge in [-0.2, -0.15) is 0 Å². The number of nitrogens with one attached hydrogen (secondary N) is 3. The van der Waals surface area contributed by atoms with Crippen molar-refractivity contribution in [1.29, 1.82) is 0 Å². The van der Waals surface area contributed by atoms with Gasteiger partial charge in [-0.3, -0.25) is 14.5 Å². The van der Waals surface area contributed by atoms with Crippen molar-refractivity contribution in [1.82, 2.24) is 20.5 Å². The zero-order valence-electron chi connectivity index (χ0n) is 20.0. The Hall–Kier alpha value is -3.41. The lowest BCUT2D eigenvalue weighted by molar-refractivity contribution is 0.0942. The number of benzene rings is 2. The molecule has 1 aromatic heterocycles. The van der Waals surface area contributed by atoms with E-state index in [9.17, 15) is 18.4 Å². The molecule has 2 atom stereocenters. The molecule has 0 unspecified atom stereocenters. The Kier molecular flexibility index (Phi) is 7.92. The molecule has 1 aliphatic heterocycles. The molecule has 4 rings (SSSR count). The van der Waals surface area contributed by atoms with E-state index in [1.165, 1.54) is 6.07 Å². The Morgan fingerprint density at radius 2 is 1.75 bits per heavy atom. The number of ketones is 1. The smallest absolute Gasteiger partial charge is 0.251 e. The third-order valence-electron chi connectivity index (χ3n) is 5.79. The van der Waals surface area contributed by atoms with Crippen LogP contribution in [0.5, 0.6) is 0 Å². The van der Waals surface area contributed by atoms with Gasteiger partial charge in [0.05, 0.1) is 5.56 Å². The van der Waals surface area contributed by atoms with E-state index in [4.69, 9.17) is 5.73 Å². The van der Waals surface area contributed by atoms with Crippen LogP contribution in [0.3, 0.4) is 0 Å². The van der Waals surface area contributed by atoms with Gasteiger partial charge in [-0.15, -0.1) is 0 Å². The Morgan fingerprint density at radius 3 is 2.39 bits per heavy atom. The molecule has 36 heavy (non-hydrogen) atoms. The van der Waals surface area contributed by atoms with Crippen LogP contribution < -0.4 is 21.7 Å². The van der Waals surface area contributed by atoms with Crippen LogP contribution in [-0.2, 0) is 0 Å². The van der Waals surface area contributed by atoms with Crippen LogP contribution in [0.25, 0.3) is 0 Å². The minimum absolute atomic E-state index is 0.0641. The molecule has 1 amide bonds. The Balaban J connectivity index is 1.34. The summed E-state index contributed by atoms with van der Waals surface area (Å²) < 4.78 is 28.0. The predicted molar refractivity (Wildman–Crippen MR) is 137 cm³/mol. The van der Waals surface area contributed by atoms with Gasteiger partial charge in [0.1, 0.15) is 22.3 Å². The molecule has 3 aromatic rings. The number of hydrogen-bond donors (Lipinski definition) is 4. The van der Waals surface area contributed by atoms with Crippen molar-refractivity contribution in [2.75, 3.05) is 37.2 Å². The minimum Gasteiger partial charge on any atom is -0.382 e. The number of carbonyl (C=O) groups is 2. The highest BCUT2D eigenvalue weighted by Crippen LogP contribution is 2.31. The standard InChI is InChI=1S/C25H28F2N6O2S/c1-14-12-33(13-15(2)30-14)11-10-29-24(35)16-6-8-17(9-7-16)31-25-32-23(28)22(36-25)21(34)20-18(26)4-3-5-19(20)27/h3-9,14-15,30H,10-13,28H2,1-2H3,(H,29,35)(H,31,32)/t14-,15+. The van der Waals surface area contributed by atoms with E-state index in [1.807, 2.05) is 0 Å². The predicted octanol–water partition coefficient (Wildman–Crippen LogP) is 3.39. The lowest BCUT2D eigenvalue weighted by Crippen LogP contribution is -2.55. The van der Waals surface area contributed by atoms with E-state index < -0.39 is 23.0 Å². The number of rotatable bonds is 8. The monoisotopic (exact) mass is 514 g/mol. The van der Waals surface area contributed by atoms with Gasteiger partial charge in [0, 0.05) is 49.5 Å². The number of piperazine rings is 1. The molecule has 5 N–H and O–H groups in total. The van der Waals surface area contributed by atoms with Gasteiger partial charge in [-0.1, -0.05) is 17.4 Å². The van der Waals surface area contributed by atoms with E-state index >= 15 is 0 Å². The maximum absolute atomic E-state index is 14.0. The summed E-state index contributed by atoms with van der Waals surface area (Å²) in [5.74, 6) is -3.10. The number of carbonyl (C=O) groups excluding carboxylic acids is 2. The number of anilines is 3. The third-order valence-corrected chi connectivity index (χ3v) is 6.78. The molecule has 0 aliphatic carbocycles. The quantitative estimate of drug-likeness (QED) is 0.341. The topological polar surface area (TPSA) is 112 Å². The van der Waals surface area contributed by atoms with E-state index in [0.29, 0.717) is 29.9 Å². The second kappa shape index (κ2) is 11.1. The van der Waals surface area contributed by atoms with Crippen molar-refractivity contribution in [3.05, 3.63) is 70.1 Å². The summed E-state index contributed by atoms with van der Waals surface area (Å²) in [6.45, 7) is 7.53. The molecule has 0 bridgehead atoms.